The smallest absolute Gasteiger partial charge is 0.251 e. The van der Waals surface area contributed by atoms with Crippen LogP contribution in [0.5, 0.6) is 11.5 Å². The summed E-state index contributed by atoms with van der Waals surface area (Å²) in [7, 11) is 0. The standard InChI is InChI=1S/C23H36N2O4/c1-3-14-29-20-9-8-19(17-21(20)28-4-2)22(26)24-18-23(10-6-5-7-11-23)25-12-15-27-16-13-25/h8-9,17H,3-7,10-16,18H2,1-2H3,(H,24,26). The summed E-state index contributed by atoms with van der Waals surface area (Å²) in [6, 6.07) is 5.46. The molecule has 29 heavy (non-hydrogen) atoms. The van der Waals surface area contributed by atoms with Crippen LogP contribution in [-0.4, -0.2) is 62.4 Å². The van der Waals surface area contributed by atoms with E-state index in [1.165, 1.54) is 19.3 Å². The zero-order chi connectivity index (χ0) is 20.5. The summed E-state index contributed by atoms with van der Waals surface area (Å²) in [4.78, 5) is 15.5. The first kappa shape index (κ1) is 21.9. The molecule has 1 aliphatic heterocycles. The monoisotopic (exact) mass is 404 g/mol. The molecule has 2 fully saturated rings. The molecule has 1 aromatic carbocycles. The van der Waals surface area contributed by atoms with Crippen molar-refractivity contribution in [2.75, 3.05) is 46.1 Å². The van der Waals surface area contributed by atoms with Crippen molar-refractivity contribution in [2.24, 2.45) is 0 Å². The van der Waals surface area contributed by atoms with Crippen LogP contribution in [-0.2, 0) is 4.74 Å². The number of carbonyl (C=O) groups excluding carboxylic acids is 1. The van der Waals surface area contributed by atoms with Crippen LogP contribution in [0.2, 0.25) is 0 Å². The molecule has 1 saturated carbocycles. The minimum atomic E-state index is -0.0498. The highest BCUT2D eigenvalue weighted by atomic mass is 16.5. The van der Waals surface area contributed by atoms with Crippen LogP contribution >= 0.6 is 0 Å². The van der Waals surface area contributed by atoms with E-state index in [1.54, 1.807) is 6.07 Å². The molecule has 1 saturated heterocycles. The van der Waals surface area contributed by atoms with Gasteiger partial charge in [-0.15, -0.1) is 0 Å². The summed E-state index contributed by atoms with van der Waals surface area (Å²) in [6.45, 7) is 9.33. The maximum absolute atomic E-state index is 12.9. The maximum atomic E-state index is 12.9. The number of rotatable bonds is 9. The van der Waals surface area contributed by atoms with E-state index in [4.69, 9.17) is 14.2 Å². The maximum Gasteiger partial charge on any atom is 0.251 e. The van der Waals surface area contributed by atoms with Gasteiger partial charge in [0, 0.05) is 30.7 Å². The van der Waals surface area contributed by atoms with Crippen LogP contribution in [0.1, 0.15) is 62.7 Å². The first-order valence-electron chi connectivity index (χ1n) is 11.2. The van der Waals surface area contributed by atoms with E-state index in [9.17, 15) is 4.79 Å². The van der Waals surface area contributed by atoms with Gasteiger partial charge in [-0.3, -0.25) is 9.69 Å². The Labute approximate surface area is 174 Å². The fourth-order valence-corrected chi connectivity index (χ4v) is 4.45. The zero-order valence-electron chi connectivity index (χ0n) is 18.0. The van der Waals surface area contributed by atoms with Crippen LogP contribution in [0.4, 0.5) is 0 Å². The van der Waals surface area contributed by atoms with Gasteiger partial charge in [0.2, 0.25) is 0 Å². The van der Waals surface area contributed by atoms with E-state index in [2.05, 4.69) is 17.1 Å². The van der Waals surface area contributed by atoms with Gasteiger partial charge in [0.25, 0.3) is 5.91 Å². The third-order valence-corrected chi connectivity index (χ3v) is 6.01. The van der Waals surface area contributed by atoms with Crippen molar-refractivity contribution in [3.8, 4) is 11.5 Å². The highest BCUT2D eigenvalue weighted by Crippen LogP contribution is 2.34. The van der Waals surface area contributed by atoms with Gasteiger partial charge >= 0.3 is 0 Å². The molecule has 1 aromatic rings. The molecule has 0 aromatic heterocycles. The van der Waals surface area contributed by atoms with Crippen LogP contribution in [0.3, 0.4) is 0 Å². The molecule has 0 radical (unpaired) electrons. The Hall–Kier alpha value is -1.79. The van der Waals surface area contributed by atoms with Crippen LogP contribution < -0.4 is 14.8 Å². The Morgan fingerprint density at radius 3 is 2.55 bits per heavy atom. The summed E-state index contributed by atoms with van der Waals surface area (Å²) in [5.74, 6) is 1.28. The van der Waals surface area contributed by atoms with Crippen molar-refractivity contribution >= 4 is 5.91 Å². The molecule has 0 bridgehead atoms. The van der Waals surface area contributed by atoms with E-state index >= 15 is 0 Å². The number of benzene rings is 1. The molecule has 1 N–H and O–H groups in total. The number of amides is 1. The van der Waals surface area contributed by atoms with Crippen molar-refractivity contribution in [3.05, 3.63) is 23.8 Å². The molecule has 6 nitrogen and oxygen atoms in total. The number of nitrogens with zero attached hydrogens (tertiary/aromatic N) is 1. The first-order valence-corrected chi connectivity index (χ1v) is 11.2. The van der Waals surface area contributed by atoms with Gasteiger partial charge in [-0.05, 0) is 44.4 Å². The lowest BCUT2D eigenvalue weighted by atomic mass is 9.79. The molecular weight excluding hydrogens is 368 g/mol. The van der Waals surface area contributed by atoms with E-state index < -0.39 is 0 Å². The quantitative estimate of drug-likeness (QED) is 0.681. The van der Waals surface area contributed by atoms with Crippen molar-refractivity contribution in [2.45, 2.75) is 57.9 Å². The van der Waals surface area contributed by atoms with Crippen LogP contribution in [0, 0.1) is 0 Å². The van der Waals surface area contributed by atoms with Gasteiger partial charge in [-0.2, -0.15) is 0 Å². The van der Waals surface area contributed by atoms with E-state index in [1.807, 2.05) is 19.1 Å². The van der Waals surface area contributed by atoms with Crippen LogP contribution in [0.25, 0.3) is 0 Å². The Morgan fingerprint density at radius 2 is 1.86 bits per heavy atom. The summed E-state index contributed by atoms with van der Waals surface area (Å²) in [5, 5.41) is 3.22. The van der Waals surface area contributed by atoms with Crippen molar-refractivity contribution < 1.29 is 19.0 Å². The number of nitrogens with one attached hydrogen (secondary N) is 1. The second kappa shape index (κ2) is 10.8. The molecule has 0 spiro atoms. The summed E-state index contributed by atoms with van der Waals surface area (Å²) in [6.07, 6.45) is 6.95. The minimum absolute atomic E-state index is 0.0498. The first-order chi connectivity index (χ1) is 14.2. The Bertz CT molecular complexity index is 652. The molecule has 0 atom stereocenters. The SMILES string of the molecule is CCCOc1ccc(C(=O)NCC2(N3CCOCC3)CCCCC2)cc1OCC. The predicted molar refractivity (Wildman–Crippen MR) is 114 cm³/mol. The highest BCUT2D eigenvalue weighted by Gasteiger charge is 2.38. The third kappa shape index (κ3) is 5.64. The number of carbonyl (C=O) groups is 1. The minimum Gasteiger partial charge on any atom is -0.490 e. The Kier molecular flexibility index (Phi) is 8.19. The van der Waals surface area contributed by atoms with Gasteiger partial charge in [0.1, 0.15) is 0 Å². The van der Waals surface area contributed by atoms with Gasteiger partial charge in [-0.25, -0.2) is 0 Å². The second-order valence-corrected chi connectivity index (χ2v) is 8.01. The van der Waals surface area contributed by atoms with Crippen LogP contribution in [0.15, 0.2) is 18.2 Å². The molecular formula is C23H36N2O4. The fourth-order valence-electron chi connectivity index (χ4n) is 4.45. The lowest BCUT2D eigenvalue weighted by Crippen LogP contribution is -2.59. The van der Waals surface area contributed by atoms with Gasteiger partial charge < -0.3 is 19.5 Å². The molecule has 1 heterocycles. The summed E-state index contributed by atoms with van der Waals surface area (Å²) >= 11 is 0. The van der Waals surface area contributed by atoms with Crippen molar-refractivity contribution in [3.63, 3.8) is 0 Å². The number of morpholine rings is 1. The Morgan fingerprint density at radius 1 is 1.10 bits per heavy atom. The van der Waals surface area contributed by atoms with Gasteiger partial charge in [0.15, 0.2) is 11.5 Å². The average molecular weight is 405 g/mol. The fraction of sp³-hybridized carbons (Fsp3) is 0.696. The number of ether oxygens (including phenoxy) is 3. The van der Waals surface area contributed by atoms with Crippen molar-refractivity contribution in [1.29, 1.82) is 0 Å². The summed E-state index contributed by atoms with van der Waals surface area (Å²) in [5.41, 5.74) is 0.676. The third-order valence-electron chi connectivity index (χ3n) is 6.01. The van der Waals surface area contributed by atoms with Crippen molar-refractivity contribution in [1.82, 2.24) is 10.2 Å². The topological polar surface area (TPSA) is 60.0 Å². The molecule has 162 valence electrons. The number of hydrogen-bond donors (Lipinski definition) is 1. The average Bonchev–Trinajstić information content (AvgIpc) is 2.78. The zero-order valence-corrected chi connectivity index (χ0v) is 18.0. The molecule has 3 rings (SSSR count). The molecule has 1 aliphatic carbocycles. The van der Waals surface area contributed by atoms with Gasteiger partial charge in [-0.1, -0.05) is 26.2 Å². The largest absolute Gasteiger partial charge is 0.490 e. The summed E-state index contributed by atoms with van der Waals surface area (Å²) < 4.78 is 17.0. The van der Waals surface area contributed by atoms with E-state index in [-0.39, 0.29) is 11.4 Å². The predicted octanol–water partition coefficient (Wildman–Crippen LogP) is 3.64. The lowest BCUT2D eigenvalue weighted by Gasteiger charge is -2.48. The van der Waals surface area contributed by atoms with E-state index in [0.29, 0.717) is 36.8 Å². The molecule has 0 unspecified atom stereocenters. The number of hydrogen-bond acceptors (Lipinski definition) is 5. The Balaban J connectivity index is 1.68. The normalized spacial score (nSPS) is 19.5. The van der Waals surface area contributed by atoms with E-state index in [0.717, 1.165) is 45.6 Å². The highest BCUT2D eigenvalue weighted by molar-refractivity contribution is 5.95. The molecule has 1 amide bonds. The lowest BCUT2D eigenvalue weighted by molar-refractivity contribution is -0.0361. The molecule has 6 heteroatoms. The van der Waals surface area contributed by atoms with Gasteiger partial charge in [0.05, 0.1) is 26.4 Å². The molecule has 2 aliphatic rings. The second-order valence-electron chi connectivity index (χ2n) is 8.01.